The van der Waals surface area contributed by atoms with Crippen molar-refractivity contribution in [2.24, 2.45) is 11.1 Å². The van der Waals surface area contributed by atoms with Crippen LogP contribution in [0.3, 0.4) is 0 Å². The van der Waals surface area contributed by atoms with Crippen molar-refractivity contribution in [1.82, 2.24) is 4.90 Å². The third-order valence-corrected chi connectivity index (χ3v) is 6.92. The van der Waals surface area contributed by atoms with Crippen molar-refractivity contribution >= 4 is 15.7 Å². The molecule has 0 bridgehead atoms. The zero-order valence-corrected chi connectivity index (χ0v) is 14.1. The van der Waals surface area contributed by atoms with Gasteiger partial charge in [-0.15, -0.1) is 6.58 Å². The van der Waals surface area contributed by atoms with Crippen molar-refractivity contribution in [2.75, 3.05) is 24.6 Å². The first-order valence-electron chi connectivity index (χ1n) is 8.22. The minimum atomic E-state index is -3.00. The molecule has 0 aromatic carbocycles. The van der Waals surface area contributed by atoms with Gasteiger partial charge >= 0.3 is 0 Å². The molecule has 1 atom stereocenters. The Balaban J connectivity index is 2.07. The van der Waals surface area contributed by atoms with E-state index in [1.54, 1.807) is 11.0 Å². The number of rotatable bonds is 6. The van der Waals surface area contributed by atoms with Crippen LogP contribution in [0.2, 0.25) is 0 Å². The summed E-state index contributed by atoms with van der Waals surface area (Å²) < 4.78 is 23.4. The van der Waals surface area contributed by atoms with Crippen molar-refractivity contribution in [2.45, 2.75) is 51.0 Å². The van der Waals surface area contributed by atoms with Gasteiger partial charge in [-0.2, -0.15) is 0 Å². The van der Waals surface area contributed by atoms with E-state index in [1.807, 2.05) is 0 Å². The molecule has 2 fully saturated rings. The van der Waals surface area contributed by atoms with Gasteiger partial charge in [-0.25, -0.2) is 8.42 Å². The Kier molecular flexibility index (Phi) is 5.66. The Labute approximate surface area is 133 Å². The summed E-state index contributed by atoms with van der Waals surface area (Å²) in [5, 5.41) is 0. The average Bonchev–Trinajstić information content (AvgIpc) is 2.85. The van der Waals surface area contributed by atoms with Crippen LogP contribution in [0.5, 0.6) is 0 Å². The van der Waals surface area contributed by atoms with Gasteiger partial charge in [0.2, 0.25) is 5.91 Å². The molecule has 2 N–H and O–H groups in total. The smallest absolute Gasteiger partial charge is 0.223 e. The molecular weight excluding hydrogens is 300 g/mol. The van der Waals surface area contributed by atoms with Gasteiger partial charge in [-0.1, -0.05) is 25.3 Å². The largest absolute Gasteiger partial charge is 0.335 e. The fourth-order valence-electron chi connectivity index (χ4n) is 3.79. The van der Waals surface area contributed by atoms with Gasteiger partial charge in [0.15, 0.2) is 9.84 Å². The van der Waals surface area contributed by atoms with Gasteiger partial charge < -0.3 is 10.6 Å². The highest BCUT2D eigenvalue weighted by Crippen LogP contribution is 2.39. The molecule has 6 heteroatoms. The molecule has 1 saturated carbocycles. The molecule has 1 unspecified atom stereocenters. The second-order valence-electron chi connectivity index (χ2n) is 6.83. The molecule has 22 heavy (non-hydrogen) atoms. The summed E-state index contributed by atoms with van der Waals surface area (Å²) in [6.07, 6.45) is 8.13. The van der Waals surface area contributed by atoms with E-state index in [0.29, 0.717) is 25.9 Å². The number of hydrogen-bond donors (Lipinski definition) is 1. The van der Waals surface area contributed by atoms with Gasteiger partial charge in [0, 0.05) is 19.0 Å². The maximum absolute atomic E-state index is 12.8. The summed E-state index contributed by atoms with van der Waals surface area (Å²) in [6, 6.07) is -0.200. The van der Waals surface area contributed by atoms with Crippen LogP contribution >= 0.6 is 0 Å². The predicted molar refractivity (Wildman–Crippen MR) is 88.2 cm³/mol. The van der Waals surface area contributed by atoms with Crippen LogP contribution in [0, 0.1) is 5.41 Å². The first kappa shape index (κ1) is 17.5. The summed E-state index contributed by atoms with van der Waals surface area (Å²) >= 11 is 0. The minimum absolute atomic E-state index is 0.0364. The zero-order valence-electron chi connectivity index (χ0n) is 13.3. The number of carbonyl (C=O) groups excluding carboxylic acids is 1. The summed E-state index contributed by atoms with van der Waals surface area (Å²) in [4.78, 5) is 14.5. The average molecular weight is 328 g/mol. The molecule has 1 aliphatic heterocycles. The molecule has 0 aromatic rings. The number of nitrogens with zero attached hydrogens (tertiary/aromatic N) is 1. The molecule has 1 heterocycles. The molecule has 2 rings (SSSR count). The number of amides is 1. The van der Waals surface area contributed by atoms with Crippen molar-refractivity contribution in [1.29, 1.82) is 0 Å². The minimum Gasteiger partial charge on any atom is -0.335 e. The lowest BCUT2D eigenvalue weighted by atomic mass is 9.71. The Morgan fingerprint density at radius 3 is 2.50 bits per heavy atom. The second kappa shape index (κ2) is 7.13. The van der Waals surface area contributed by atoms with Crippen molar-refractivity contribution < 1.29 is 13.2 Å². The summed E-state index contributed by atoms with van der Waals surface area (Å²) in [6.45, 7) is 4.65. The predicted octanol–water partition coefficient (Wildman–Crippen LogP) is 1.49. The molecular formula is C16H28N2O3S. The van der Waals surface area contributed by atoms with Crippen LogP contribution in [-0.4, -0.2) is 49.9 Å². The quantitative estimate of drug-likeness (QED) is 0.749. The van der Waals surface area contributed by atoms with Crippen LogP contribution in [0.15, 0.2) is 12.7 Å². The highest BCUT2D eigenvalue weighted by Gasteiger charge is 2.38. The molecule has 126 valence electrons. The lowest BCUT2D eigenvalue weighted by molar-refractivity contribution is -0.135. The van der Waals surface area contributed by atoms with E-state index in [9.17, 15) is 13.2 Å². The van der Waals surface area contributed by atoms with Crippen LogP contribution in [0.1, 0.15) is 44.9 Å². The van der Waals surface area contributed by atoms with Crippen LogP contribution in [0.4, 0.5) is 0 Å². The Bertz CT molecular complexity index is 509. The monoisotopic (exact) mass is 328 g/mol. The zero-order chi connectivity index (χ0) is 16.2. The summed E-state index contributed by atoms with van der Waals surface area (Å²) in [5.74, 6) is 0.303. The molecule has 1 aliphatic carbocycles. The molecule has 0 spiro atoms. The Morgan fingerprint density at radius 1 is 1.32 bits per heavy atom. The van der Waals surface area contributed by atoms with E-state index in [1.165, 1.54) is 6.42 Å². The standard InChI is InChI=1S/C16H28N2O3S/c1-2-9-18(14-6-10-22(20,21)12-14)15(19)11-16(13-17)7-4-3-5-8-16/h2,14H,1,3-13,17H2. The van der Waals surface area contributed by atoms with E-state index in [4.69, 9.17) is 5.73 Å². The van der Waals surface area contributed by atoms with E-state index in [-0.39, 0.29) is 28.9 Å². The number of hydrogen-bond acceptors (Lipinski definition) is 4. The third kappa shape index (κ3) is 4.10. The lowest BCUT2D eigenvalue weighted by Crippen LogP contribution is -2.45. The number of sulfone groups is 1. The van der Waals surface area contributed by atoms with Gasteiger partial charge in [0.1, 0.15) is 0 Å². The summed E-state index contributed by atoms with van der Waals surface area (Å²) in [7, 11) is -3.00. The fraction of sp³-hybridized carbons (Fsp3) is 0.812. The van der Waals surface area contributed by atoms with E-state index >= 15 is 0 Å². The topological polar surface area (TPSA) is 80.5 Å². The third-order valence-electron chi connectivity index (χ3n) is 5.17. The van der Waals surface area contributed by atoms with E-state index < -0.39 is 9.84 Å². The molecule has 2 aliphatic rings. The van der Waals surface area contributed by atoms with Gasteiger partial charge in [0.25, 0.3) is 0 Å². The van der Waals surface area contributed by atoms with Crippen LogP contribution in [0.25, 0.3) is 0 Å². The van der Waals surface area contributed by atoms with Crippen molar-refractivity contribution in [3.8, 4) is 0 Å². The first-order chi connectivity index (χ1) is 10.4. The maximum atomic E-state index is 12.8. The number of nitrogens with two attached hydrogens (primary N) is 1. The van der Waals surface area contributed by atoms with Crippen molar-refractivity contribution in [3.05, 3.63) is 12.7 Å². The molecule has 0 radical (unpaired) electrons. The molecule has 1 saturated heterocycles. The van der Waals surface area contributed by atoms with Gasteiger partial charge in [0.05, 0.1) is 11.5 Å². The van der Waals surface area contributed by atoms with Crippen molar-refractivity contribution in [3.63, 3.8) is 0 Å². The Hall–Kier alpha value is -0.880. The van der Waals surface area contributed by atoms with Crippen LogP contribution < -0.4 is 5.73 Å². The fourth-order valence-corrected chi connectivity index (χ4v) is 5.52. The second-order valence-corrected chi connectivity index (χ2v) is 9.06. The highest BCUT2D eigenvalue weighted by atomic mass is 32.2. The maximum Gasteiger partial charge on any atom is 0.223 e. The Morgan fingerprint density at radius 2 is 2.00 bits per heavy atom. The normalized spacial score (nSPS) is 26.5. The van der Waals surface area contributed by atoms with Gasteiger partial charge in [-0.05, 0) is 31.2 Å². The number of carbonyl (C=O) groups is 1. The van der Waals surface area contributed by atoms with Gasteiger partial charge in [-0.3, -0.25) is 4.79 Å². The van der Waals surface area contributed by atoms with E-state index in [2.05, 4.69) is 6.58 Å². The lowest BCUT2D eigenvalue weighted by Gasteiger charge is -2.38. The summed E-state index contributed by atoms with van der Waals surface area (Å²) in [5.41, 5.74) is 5.88. The molecule has 5 nitrogen and oxygen atoms in total. The first-order valence-corrected chi connectivity index (χ1v) is 10.0. The SMILES string of the molecule is C=CCN(C(=O)CC1(CN)CCCCC1)C1CCS(=O)(=O)C1. The molecule has 0 aromatic heterocycles. The van der Waals surface area contributed by atoms with Crippen LogP contribution in [-0.2, 0) is 14.6 Å². The van der Waals surface area contributed by atoms with E-state index in [0.717, 1.165) is 25.7 Å². The highest BCUT2D eigenvalue weighted by molar-refractivity contribution is 7.91. The molecule has 1 amide bonds.